The summed E-state index contributed by atoms with van der Waals surface area (Å²) in [7, 11) is 0. The summed E-state index contributed by atoms with van der Waals surface area (Å²) in [5.74, 6) is -0.0684. The van der Waals surface area contributed by atoms with Crippen molar-refractivity contribution in [2.24, 2.45) is 0 Å². The van der Waals surface area contributed by atoms with Gasteiger partial charge in [0.2, 0.25) is 5.91 Å². The summed E-state index contributed by atoms with van der Waals surface area (Å²) in [5.41, 5.74) is 0. The highest BCUT2D eigenvalue weighted by Gasteiger charge is 2.17. The Morgan fingerprint density at radius 3 is 1.00 bits per heavy atom. The standard InChI is InChI=1S/C47H93NO3/c1-3-5-7-9-10-11-12-13-14-15-16-17-18-19-20-21-22-23-24-25-26-27-28-29-30-31-32-33-34-35-36-37-38-39-41-43-47(51)48-45(44-49)46(50)42-40-8-6-4-2/h40,42,45-46,49-50H,3-39,41,43-44H2,1-2H3,(H,48,51)/b42-40+. The lowest BCUT2D eigenvalue weighted by Gasteiger charge is -2.19. The molecule has 3 N–H and O–H groups in total. The molecule has 1 amide bonds. The number of allylic oxidation sites excluding steroid dienone is 1. The molecule has 51 heavy (non-hydrogen) atoms. The van der Waals surface area contributed by atoms with Crippen molar-refractivity contribution in [3.63, 3.8) is 0 Å². The summed E-state index contributed by atoms with van der Waals surface area (Å²) in [6, 6.07) is -0.613. The number of hydrogen-bond donors (Lipinski definition) is 3. The molecular formula is C47H93NO3. The number of unbranched alkanes of at least 4 members (excludes halogenated alkanes) is 36. The van der Waals surface area contributed by atoms with Gasteiger partial charge in [-0.1, -0.05) is 257 Å². The van der Waals surface area contributed by atoms with Gasteiger partial charge in [-0.05, 0) is 12.8 Å². The van der Waals surface area contributed by atoms with E-state index in [4.69, 9.17) is 0 Å². The van der Waals surface area contributed by atoms with E-state index in [2.05, 4.69) is 19.2 Å². The first-order valence-electron chi connectivity index (χ1n) is 23.4. The van der Waals surface area contributed by atoms with Crippen LogP contribution in [0.2, 0.25) is 0 Å². The van der Waals surface area contributed by atoms with E-state index in [0.29, 0.717) is 6.42 Å². The van der Waals surface area contributed by atoms with Gasteiger partial charge in [0.25, 0.3) is 0 Å². The van der Waals surface area contributed by atoms with Gasteiger partial charge in [-0.2, -0.15) is 0 Å². The summed E-state index contributed by atoms with van der Waals surface area (Å²) < 4.78 is 0. The highest BCUT2D eigenvalue weighted by molar-refractivity contribution is 5.76. The number of rotatable bonds is 43. The summed E-state index contributed by atoms with van der Waals surface area (Å²) in [6.07, 6.45) is 55.6. The van der Waals surface area contributed by atoms with Crippen LogP contribution in [-0.2, 0) is 4.79 Å². The van der Waals surface area contributed by atoms with Crippen molar-refractivity contribution in [2.45, 2.75) is 276 Å². The van der Waals surface area contributed by atoms with Crippen molar-refractivity contribution in [3.8, 4) is 0 Å². The summed E-state index contributed by atoms with van der Waals surface area (Å²) >= 11 is 0. The molecule has 0 aliphatic carbocycles. The van der Waals surface area contributed by atoms with Crippen molar-refractivity contribution in [1.82, 2.24) is 5.32 Å². The van der Waals surface area contributed by atoms with Crippen LogP contribution in [0.15, 0.2) is 12.2 Å². The summed E-state index contributed by atoms with van der Waals surface area (Å²) in [5, 5.41) is 22.5. The van der Waals surface area contributed by atoms with Crippen LogP contribution in [0, 0.1) is 0 Å². The minimum absolute atomic E-state index is 0.0684. The number of aliphatic hydroxyl groups excluding tert-OH is 2. The molecule has 0 aliphatic rings. The van der Waals surface area contributed by atoms with Crippen molar-refractivity contribution in [2.75, 3.05) is 6.61 Å². The Kier molecular flexibility index (Phi) is 42.8. The van der Waals surface area contributed by atoms with E-state index in [0.717, 1.165) is 32.1 Å². The van der Waals surface area contributed by atoms with Crippen LogP contribution in [-0.4, -0.2) is 34.9 Å². The van der Waals surface area contributed by atoms with Crippen LogP contribution < -0.4 is 5.32 Å². The van der Waals surface area contributed by atoms with E-state index in [-0.39, 0.29) is 12.5 Å². The molecular weight excluding hydrogens is 627 g/mol. The first kappa shape index (κ1) is 50.1. The largest absolute Gasteiger partial charge is 0.394 e. The fraction of sp³-hybridized carbons (Fsp3) is 0.936. The smallest absolute Gasteiger partial charge is 0.220 e. The van der Waals surface area contributed by atoms with E-state index in [1.54, 1.807) is 6.08 Å². The SMILES string of the molecule is CCCC/C=C/C(O)C(CO)NC(=O)CCCCCCCCCCCCCCCCCCCCCCCCCCCCCCCCCCCCC. The van der Waals surface area contributed by atoms with E-state index >= 15 is 0 Å². The average molecular weight is 720 g/mol. The molecule has 4 heteroatoms. The maximum absolute atomic E-state index is 12.2. The second kappa shape index (κ2) is 43.5. The Balaban J connectivity index is 3.25. The van der Waals surface area contributed by atoms with Gasteiger partial charge in [-0.3, -0.25) is 4.79 Å². The molecule has 0 fully saturated rings. The number of amides is 1. The third kappa shape index (κ3) is 40.2. The molecule has 0 saturated carbocycles. The van der Waals surface area contributed by atoms with Crippen LogP contribution in [0.1, 0.15) is 264 Å². The third-order valence-corrected chi connectivity index (χ3v) is 11.0. The zero-order chi connectivity index (χ0) is 37.1. The van der Waals surface area contributed by atoms with Gasteiger partial charge in [-0.25, -0.2) is 0 Å². The maximum Gasteiger partial charge on any atom is 0.220 e. The molecule has 2 atom stereocenters. The second-order valence-corrected chi connectivity index (χ2v) is 16.2. The Labute approximate surface area is 320 Å². The van der Waals surface area contributed by atoms with Crippen LogP contribution >= 0.6 is 0 Å². The summed E-state index contributed by atoms with van der Waals surface area (Å²) in [4.78, 5) is 12.2. The maximum atomic E-state index is 12.2. The number of aliphatic hydroxyl groups is 2. The molecule has 0 radical (unpaired) electrons. The Morgan fingerprint density at radius 2 is 0.725 bits per heavy atom. The fourth-order valence-electron chi connectivity index (χ4n) is 7.40. The summed E-state index contributed by atoms with van der Waals surface area (Å²) in [6.45, 7) is 4.19. The normalized spacial score (nSPS) is 12.9. The quantitative estimate of drug-likeness (QED) is 0.0434. The third-order valence-electron chi connectivity index (χ3n) is 11.0. The van der Waals surface area contributed by atoms with Crippen molar-refractivity contribution in [1.29, 1.82) is 0 Å². The van der Waals surface area contributed by atoms with Crippen molar-refractivity contribution >= 4 is 5.91 Å². The molecule has 2 unspecified atom stereocenters. The molecule has 4 nitrogen and oxygen atoms in total. The average Bonchev–Trinajstić information content (AvgIpc) is 3.13. The van der Waals surface area contributed by atoms with Crippen LogP contribution in [0.5, 0.6) is 0 Å². The van der Waals surface area contributed by atoms with Gasteiger partial charge in [-0.15, -0.1) is 0 Å². The second-order valence-electron chi connectivity index (χ2n) is 16.2. The first-order chi connectivity index (χ1) is 25.2. The molecule has 0 aromatic heterocycles. The number of hydrogen-bond acceptors (Lipinski definition) is 3. The molecule has 0 aromatic rings. The van der Waals surface area contributed by atoms with E-state index in [1.165, 1.54) is 212 Å². The lowest BCUT2D eigenvalue weighted by Crippen LogP contribution is -2.45. The highest BCUT2D eigenvalue weighted by Crippen LogP contribution is 2.17. The number of nitrogens with one attached hydrogen (secondary N) is 1. The first-order valence-corrected chi connectivity index (χ1v) is 23.4. The lowest BCUT2D eigenvalue weighted by atomic mass is 10.0. The molecule has 0 rings (SSSR count). The van der Waals surface area contributed by atoms with Gasteiger partial charge in [0, 0.05) is 6.42 Å². The van der Waals surface area contributed by atoms with Crippen molar-refractivity contribution < 1.29 is 15.0 Å². The Hall–Kier alpha value is -0.870. The topological polar surface area (TPSA) is 69.6 Å². The highest BCUT2D eigenvalue weighted by atomic mass is 16.3. The molecule has 0 spiro atoms. The van der Waals surface area contributed by atoms with E-state index in [9.17, 15) is 15.0 Å². The van der Waals surface area contributed by atoms with Crippen molar-refractivity contribution in [3.05, 3.63) is 12.2 Å². The van der Waals surface area contributed by atoms with E-state index in [1.807, 2.05) is 6.08 Å². The predicted octanol–water partition coefficient (Wildman–Crippen LogP) is 14.6. The number of carbonyl (C=O) groups excluding carboxylic acids is 1. The fourth-order valence-corrected chi connectivity index (χ4v) is 7.40. The number of carbonyl (C=O) groups is 1. The zero-order valence-corrected chi connectivity index (χ0v) is 34.9. The van der Waals surface area contributed by atoms with Gasteiger partial charge in [0.1, 0.15) is 0 Å². The minimum Gasteiger partial charge on any atom is -0.394 e. The van der Waals surface area contributed by atoms with Crippen LogP contribution in [0.3, 0.4) is 0 Å². The monoisotopic (exact) mass is 720 g/mol. The Morgan fingerprint density at radius 1 is 0.451 bits per heavy atom. The van der Waals surface area contributed by atoms with Gasteiger partial charge in [0.15, 0.2) is 0 Å². The molecule has 0 aliphatic heterocycles. The predicted molar refractivity (Wildman–Crippen MR) is 226 cm³/mol. The molecule has 304 valence electrons. The molecule has 0 aromatic carbocycles. The Bertz CT molecular complexity index is 695. The van der Waals surface area contributed by atoms with Gasteiger partial charge < -0.3 is 15.5 Å². The van der Waals surface area contributed by atoms with Gasteiger partial charge >= 0.3 is 0 Å². The lowest BCUT2D eigenvalue weighted by molar-refractivity contribution is -0.123. The van der Waals surface area contributed by atoms with Crippen LogP contribution in [0.4, 0.5) is 0 Å². The minimum atomic E-state index is -0.830. The van der Waals surface area contributed by atoms with Crippen LogP contribution in [0.25, 0.3) is 0 Å². The molecule has 0 heterocycles. The molecule has 0 saturated heterocycles. The molecule has 0 bridgehead atoms. The zero-order valence-electron chi connectivity index (χ0n) is 34.9. The van der Waals surface area contributed by atoms with E-state index < -0.39 is 12.1 Å². The van der Waals surface area contributed by atoms with Gasteiger partial charge in [0.05, 0.1) is 18.8 Å².